The van der Waals surface area contributed by atoms with Gasteiger partial charge in [-0.15, -0.1) is 0 Å². The van der Waals surface area contributed by atoms with Gasteiger partial charge in [-0.05, 0) is 40.0 Å². The largest absolute Gasteiger partial charge is 0.444 e. The maximum Gasteiger partial charge on any atom is 0.410 e. The maximum absolute atomic E-state index is 11.8. The van der Waals surface area contributed by atoms with Crippen LogP contribution in [0.3, 0.4) is 0 Å². The first kappa shape index (κ1) is 13.3. The molecule has 4 heteroatoms. The van der Waals surface area contributed by atoms with Gasteiger partial charge in [-0.25, -0.2) is 4.79 Å². The van der Waals surface area contributed by atoms with Gasteiger partial charge in [-0.2, -0.15) is 0 Å². The van der Waals surface area contributed by atoms with E-state index in [1.54, 1.807) is 4.90 Å². The summed E-state index contributed by atoms with van der Waals surface area (Å²) in [4.78, 5) is 13.6. The first-order valence-electron chi connectivity index (χ1n) is 5.88. The summed E-state index contributed by atoms with van der Waals surface area (Å²) in [6.45, 7) is 11.1. The van der Waals surface area contributed by atoms with Crippen molar-refractivity contribution in [2.45, 2.75) is 52.2 Å². The fourth-order valence-electron chi connectivity index (χ4n) is 1.74. The van der Waals surface area contributed by atoms with Crippen molar-refractivity contribution >= 4 is 6.09 Å². The van der Waals surface area contributed by atoms with Crippen molar-refractivity contribution in [3.05, 3.63) is 0 Å². The molecule has 0 aromatic carbocycles. The monoisotopic (exact) mass is 228 g/mol. The second-order valence-electron chi connectivity index (χ2n) is 6.08. The van der Waals surface area contributed by atoms with Crippen LogP contribution in [0.1, 0.15) is 41.0 Å². The van der Waals surface area contributed by atoms with Crippen LogP contribution in [0.5, 0.6) is 0 Å². The summed E-state index contributed by atoms with van der Waals surface area (Å²) in [7, 11) is 0. The molecular weight excluding hydrogens is 204 g/mol. The molecule has 2 atom stereocenters. The Kier molecular flexibility index (Phi) is 3.53. The van der Waals surface area contributed by atoms with Crippen LogP contribution in [0.2, 0.25) is 0 Å². The number of nitrogens with two attached hydrogens (primary N) is 1. The highest BCUT2D eigenvalue weighted by Crippen LogP contribution is 2.25. The molecule has 0 spiro atoms. The average molecular weight is 228 g/mol. The third-order valence-electron chi connectivity index (χ3n) is 3.19. The smallest absolute Gasteiger partial charge is 0.410 e. The molecule has 1 aliphatic heterocycles. The van der Waals surface area contributed by atoms with Gasteiger partial charge in [-0.3, -0.25) is 0 Å². The first-order valence-corrected chi connectivity index (χ1v) is 5.88. The van der Waals surface area contributed by atoms with Crippen molar-refractivity contribution in [3.8, 4) is 0 Å². The van der Waals surface area contributed by atoms with Gasteiger partial charge >= 0.3 is 6.09 Å². The van der Waals surface area contributed by atoms with Crippen molar-refractivity contribution in [2.75, 3.05) is 13.1 Å². The molecule has 2 unspecified atom stereocenters. The Balaban J connectivity index is 2.55. The average Bonchev–Trinajstić information content (AvgIpc) is 2.06. The minimum atomic E-state index is -0.427. The standard InChI is InChI=1S/C12H24N2O2/c1-9-8-14(7-6-12(9,5)13)10(15)16-11(2,3)4/h9H,6-8,13H2,1-5H3. The molecule has 1 amide bonds. The molecule has 0 bridgehead atoms. The van der Waals surface area contributed by atoms with Crippen LogP contribution in [0.25, 0.3) is 0 Å². The van der Waals surface area contributed by atoms with E-state index in [1.807, 2.05) is 27.7 Å². The highest BCUT2D eigenvalue weighted by Gasteiger charge is 2.36. The molecule has 0 saturated carbocycles. The summed E-state index contributed by atoms with van der Waals surface area (Å²) in [5.41, 5.74) is 5.54. The molecule has 94 valence electrons. The topological polar surface area (TPSA) is 55.6 Å². The summed E-state index contributed by atoms with van der Waals surface area (Å²) >= 11 is 0. The molecular formula is C12H24N2O2. The van der Waals surface area contributed by atoms with Gasteiger partial charge in [0.15, 0.2) is 0 Å². The molecule has 1 saturated heterocycles. The third kappa shape index (κ3) is 3.37. The Morgan fingerprint density at radius 2 is 2.06 bits per heavy atom. The fraction of sp³-hybridized carbons (Fsp3) is 0.917. The van der Waals surface area contributed by atoms with E-state index in [0.29, 0.717) is 19.0 Å². The van der Waals surface area contributed by atoms with Crippen LogP contribution in [0.15, 0.2) is 0 Å². The van der Waals surface area contributed by atoms with E-state index in [1.165, 1.54) is 0 Å². The lowest BCUT2D eigenvalue weighted by Crippen LogP contribution is -2.56. The second-order valence-corrected chi connectivity index (χ2v) is 6.08. The molecule has 1 rings (SSSR count). The van der Waals surface area contributed by atoms with Gasteiger partial charge < -0.3 is 15.4 Å². The van der Waals surface area contributed by atoms with E-state index in [2.05, 4.69) is 6.92 Å². The fourth-order valence-corrected chi connectivity index (χ4v) is 1.74. The van der Waals surface area contributed by atoms with E-state index in [4.69, 9.17) is 10.5 Å². The van der Waals surface area contributed by atoms with Gasteiger partial charge in [0.05, 0.1) is 0 Å². The van der Waals surface area contributed by atoms with E-state index in [-0.39, 0.29) is 11.6 Å². The zero-order valence-corrected chi connectivity index (χ0v) is 11.0. The Morgan fingerprint density at radius 1 is 1.50 bits per heavy atom. The highest BCUT2D eigenvalue weighted by molar-refractivity contribution is 5.68. The Hall–Kier alpha value is -0.770. The normalized spacial score (nSPS) is 31.4. The second kappa shape index (κ2) is 4.24. The lowest BCUT2D eigenvalue weighted by molar-refractivity contribution is 0.0102. The number of likely N-dealkylation sites (tertiary alicyclic amines) is 1. The Morgan fingerprint density at radius 3 is 2.50 bits per heavy atom. The van der Waals surface area contributed by atoms with Gasteiger partial charge in [0.2, 0.25) is 0 Å². The molecule has 0 radical (unpaired) electrons. The summed E-state index contributed by atoms with van der Waals surface area (Å²) < 4.78 is 5.34. The maximum atomic E-state index is 11.8. The molecule has 16 heavy (non-hydrogen) atoms. The van der Waals surface area contributed by atoms with Crippen molar-refractivity contribution in [2.24, 2.45) is 11.7 Å². The molecule has 1 aliphatic rings. The van der Waals surface area contributed by atoms with Gasteiger partial charge in [0.1, 0.15) is 5.60 Å². The summed E-state index contributed by atoms with van der Waals surface area (Å²) in [5.74, 6) is 0.300. The van der Waals surface area contributed by atoms with Crippen LogP contribution >= 0.6 is 0 Å². The third-order valence-corrected chi connectivity index (χ3v) is 3.19. The lowest BCUT2D eigenvalue weighted by atomic mass is 9.82. The number of rotatable bonds is 0. The van der Waals surface area contributed by atoms with Crippen LogP contribution in [-0.2, 0) is 4.74 Å². The van der Waals surface area contributed by atoms with Crippen molar-refractivity contribution < 1.29 is 9.53 Å². The van der Waals surface area contributed by atoms with Gasteiger partial charge in [0, 0.05) is 18.6 Å². The Bertz CT molecular complexity index is 269. The molecule has 0 aromatic heterocycles. The van der Waals surface area contributed by atoms with E-state index < -0.39 is 5.60 Å². The number of carbonyl (C=O) groups is 1. The summed E-state index contributed by atoms with van der Waals surface area (Å²) in [5, 5.41) is 0. The summed E-state index contributed by atoms with van der Waals surface area (Å²) in [6, 6.07) is 0. The minimum Gasteiger partial charge on any atom is -0.444 e. The predicted molar refractivity (Wildman–Crippen MR) is 64.2 cm³/mol. The quantitative estimate of drug-likeness (QED) is 0.689. The minimum absolute atomic E-state index is 0.168. The number of hydrogen-bond donors (Lipinski definition) is 1. The zero-order valence-electron chi connectivity index (χ0n) is 11.0. The first-order chi connectivity index (χ1) is 7.12. The molecule has 0 aromatic rings. The Labute approximate surface area is 98.1 Å². The number of ether oxygens (including phenoxy) is 1. The van der Waals surface area contributed by atoms with Crippen LogP contribution in [0, 0.1) is 5.92 Å². The molecule has 1 heterocycles. The van der Waals surface area contributed by atoms with Crippen LogP contribution in [-0.4, -0.2) is 35.2 Å². The van der Waals surface area contributed by atoms with E-state index >= 15 is 0 Å². The number of amides is 1. The molecule has 1 fully saturated rings. The van der Waals surface area contributed by atoms with Gasteiger partial charge in [0.25, 0.3) is 0 Å². The summed E-state index contributed by atoms with van der Waals surface area (Å²) in [6.07, 6.45) is 0.600. The van der Waals surface area contributed by atoms with Gasteiger partial charge in [-0.1, -0.05) is 6.92 Å². The number of carbonyl (C=O) groups excluding carboxylic acids is 1. The molecule has 0 aliphatic carbocycles. The zero-order chi connectivity index (χ0) is 12.6. The number of hydrogen-bond acceptors (Lipinski definition) is 3. The van der Waals surface area contributed by atoms with Crippen molar-refractivity contribution in [3.63, 3.8) is 0 Å². The number of nitrogens with zero attached hydrogens (tertiary/aromatic N) is 1. The van der Waals surface area contributed by atoms with Crippen LogP contribution < -0.4 is 5.73 Å². The predicted octanol–water partition coefficient (Wildman–Crippen LogP) is 1.98. The van der Waals surface area contributed by atoms with E-state index in [0.717, 1.165) is 6.42 Å². The molecule has 2 N–H and O–H groups in total. The molecule has 4 nitrogen and oxygen atoms in total. The number of piperidine rings is 1. The van der Waals surface area contributed by atoms with Crippen molar-refractivity contribution in [1.29, 1.82) is 0 Å². The lowest BCUT2D eigenvalue weighted by Gasteiger charge is -2.42. The highest BCUT2D eigenvalue weighted by atomic mass is 16.6. The SMILES string of the molecule is CC1CN(C(=O)OC(C)(C)C)CCC1(C)N. The van der Waals surface area contributed by atoms with E-state index in [9.17, 15) is 4.79 Å². The van der Waals surface area contributed by atoms with Crippen LogP contribution in [0.4, 0.5) is 4.79 Å². The van der Waals surface area contributed by atoms with Crippen molar-refractivity contribution in [1.82, 2.24) is 4.90 Å².